The van der Waals surface area contributed by atoms with Crippen LogP contribution in [0.3, 0.4) is 0 Å². The first-order chi connectivity index (χ1) is 13.8. The van der Waals surface area contributed by atoms with Crippen LogP contribution in [0.25, 0.3) is 0 Å². The van der Waals surface area contributed by atoms with Gasteiger partial charge < -0.3 is 21.1 Å². The van der Waals surface area contributed by atoms with Gasteiger partial charge in [0.1, 0.15) is 17.4 Å². The number of hydrogen-bond acceptors (Lipinski definition) is 5. The zero-order valence-corrected chi connectivity index (χ0v) is 16.7. The SMILES string of the molecule is CCOc1ccc(C)cc1C(C)NC(=O)/C(C#N)=C\NC(=O)c1ccc(N)cc1. The maximum absolute atomic E-state index is 12.5. The van der Waals surface area contributed by atoms with E-state index in [1.165, 1.54) is 0 Å². The van der Waals surface area contributed by atoms with Crippen molar-refractivity contribution in [1.29, 1.82) is 5.26 Å². The molecule has 0 aromatic heterocycles. The number of benzene rings is 2. The third-order valence-corrected chi connectivity index (χ3v) is 4.16. The van der Waals surface area contributed by atoms with Crippen molar-refractivity contribution in [3.05, 3.63) is 70.9 Å². The Bertz CT molecular complexity index is 959. The fourth-order valence-corrected chi connectivity index (χ4v) is 2.65. The van der Waals surface area contributed by atoms with Crippen molar-refractivity contribution in [1.82, 2.24) is 10.6 Å². The second-order valence-electron chi connectivity index (χ2n) is 6.43. The van der Waals surface area contributed by atoms with Gasteiger partial charge in [-0.15, -0.1) is 0 Å². The van der Waals surface area contributed by atoms with E-state index in [0.717, 1.165) is 17.3 Å². The van der Waals surface area contributed by atoms with Crippen LogP contribution in [0.15, 0.2) is 54.2 Å². The van der Waals surface area contributed by atoms with E-state index in [0.29, 0.717) is 23.6 Å². The Labute approximate surface area is 170 Å². The quantitative estimate of drug-likeness (QED) is 0.380. The van der Waals surface area contributed by atoms with Gasteiger partial charge in [-0.2, -0.15) is 5.26 Å². The molecule has 0 saturated heterocycles. The molecule has 4 N–H and O–H groups in total. The Morgan fingerprint density at radius 2 is 1.93 bits per heavy atom. The molecular formula is C22H24N4O3. The molecule has 2 amide bonds. The summed E-state index contributed by atoms with van der Waals surface area (Å²) in [5.41, 5.74) is 8.11. The van der Waals surface area contributed by atoms with Crippen LogP contribution in [-0.2, 0) is 4.79 Å². The summed E-state index contributed by atoms with van der Waals surface area (Å²) in [7, 11) is 0. The molecule has 2 aromatic rings. The smallest absolute Gasteiger partial charge is 0.263 e. The van der Waals surface area contributed by atoms with E-state index >= 15 is 0 Å². The molecule has 2 rings (SSSR count). The standard InChI is InChI=1S/C22H24N4O3/c1-4-29-20-10-5-14(2)11-19(20)15(3)26-22(28)17(12-23)13-25-21(27)16-6-8-18(24)9-7-16/h5-11,13,15H,4,24H2,1-3H3,(H,25,27)(H,26,28)/b17-13-. The van der Waals surface area contributed by atoms with E-state index < -0.39 is 17.9 Å². The number of amides is 2. The number of carbonyl (C=O) groups excluding carboxylic acids is 2. The number of nitriles is 1. The molecule has 1 atom stereocenters. The largest absolute Gasteiger partial charge is 0.494 e. The summed E-state index contributed by atoms with van der Waals surface area (Å²) in [4.78, 5) is 24.6. The lowest BCUT2D eigenvalue weighted by atomic mass is 10.0. The third kappa shape index (κ3) is 5.84. The zero-order chi connectivity index (χ0) is 21.4. The van der Waals surface area contributed by atoms with Gasteiger partial charge in [0.05, 0.1) is 12.6 Å². The molecule has 0 aliphatic heterocycles. The van der Waals surface area contributed by atoms with Crippen LogP contribution in [0, 0.1) is 18.3 Å². The van der Waals surface area contributed by atoms with Crippen LogP contribution >= 0.6 is 0 Å². The van der Waals surface area contributed by atoms with E-state index in [4.69, 9.17) is 10.5 Å². The molecule has 7 nitrogen and oxygen atoms in total. The van der Waals surface area contributed by atoms with Gasteiger partial charge in [-0.05, 0) is 51.1 Å². The fraction of sp³-hybridized carbons (Fsp3) is 0.227. The van der Waals surface area contributed by atoms with Crippen LogP contribution in [0.4, 0.5) is 5.69 Å². The van der Waals surface area contributed by atoms with Gasteiger partial charge in [-0.1, -0.05) is 17.7 Å². The first-order valence-corrected chi connectivity index (χ1v) is 9.16. The highest BCUT2D eigenvalue weighted by Crippen LogP contribution is 2.26. The molecule has 29 heavy (non-hydrogen) atoms. The predicted molar refractivity (Wildman–Crippen MR) is 111 cm³/mol. The van der Waals surface area contributed by atoms with E-state index in [9.17, 15) is 14.9 Å². The number of ether oxygens (including phenoxy) is 1. The maximum atomic E-state index is 12.5. The molecule has 7 heteroatoms. The Balaban J connectivity index is 2.10. The van der Waals surface area contributed by atoms with Crippen LogP contribution in [0.5, 0.6) is 5.75 Å². The van der Waals surface area contributed by atoms with Crippen LogP contribution in [0.1, 0.15) is 41.4 Å². The average Bonchev–Trinajstić information content (AvgIpc) is 2.70. The van der Waals surface area contributed by atoms with Crippen LogP contribution in [0.2, 0.25) is 0 Å². The normalized spacial score (nSPS) is 11.9. The van der Waals surface area contributed by atoms with Gasteiger partial charge in [0.15, 0.2) is 0 Å². The highest BCUT2D eigenvalue weighted by molar-refractivity contribution is 5.99. The van der Waals surface area contributed by atoms with Gasteiger partial charge >= 0.3 is 0 Å². The minimum atomic E-state index is -0.596. The third-order valence-electron chi connectivity index (χ3n) is 4.16. The average molecular weight is 392 g/mol. The molecule has 0 bridgehead atoms. The molecule has 2 aromatic carbocycles. The molecule has 0 aliphatic carbocycles. The summed E-state index contributed by atoms with van der Waals surface area (Å²) in [5.74, 6) is -0.373. The van der Waals surface area contributed by atoms with Crippen LogP contribution in [-0.4, -0.2) is 18.4 Å². The van der Waals surface area contributed by atoms with E-state index in [-0.39, 0.29) is 5.57 Å². The van der Waals surface area contributed by atoms with Crippen molar-refractivity contribution in [2.45, 2.75) is 26.8 Å². The van der Waals surface area contributed by atoms with Crippen molar-refractivity contribution in [3.8, 4) is 11.8 Å². The van der Waals surface area contributed by atoms with Gasteiger partial charge in [-0.25, -0.2) is 0 Å². The number of hydrogen-bond donors (Lipinski definition) is 3. The monoisotopic (exact) mass is 392 g/mol. The predicted octanol–water partition coefficient (Wildman–Crippen LogP) is 2.99. The summed E-state index contributed by atoms with van der Waals surface area (Å²) in [6.07, 6.45) is 1.10. The molecule has 0 spiro atoms. The molecule has 0 heterocycles. The van der Waals surface area contributed by atoms with Gasteiger partial charge in [0.25, 0.3) is 11.8 Å². The highest BCUT2D eigenvalue weighted by Gasteiger charge is 2.17. The minimum absolute atomic E-state index is 0.216. The zero-order valence-electron chi connectivity index (χ0n) is 16.7. The van der Waals surface area contributed by atoms with E-state index in [1.807, 2.05) is 38.1 Å². The summed E-state index contributed by atoms with van der Waals surface area (Å²) >= 11 is 0. The maximum Gasteiger partial charge on any atom is 0.263 e. The second kappa shape index (κ2) is 9.95. The highest BCUT2D eigenvalue weighted by atomic mass is 16.5. The first-order valence-electron chi connectivity index (χ1n) is 9.16. The Hall–Kier alpha value is -3.79. The number of anilines is 1. The number of nitrogen functional groups attached to an aromatic ring is 1. The molecule has 1 unspecified atom stereocenters. The lowest BCUT2D eigenvalue weighted by Gasteiger charge is -2.18. The molecule has 0 saturated carbocycles. The van der Waals surface area contributed by atoms with Crippen molar-refractivity contribution < 1.29 is 14.3 Å². The topological polar surface area (TPSA) is 117 Å². The fourth-order valence-electron chi connectivity index (χ4n) is 2.65. The van der Waals surface area contributed by atoms with Gasteiger partial charge in [0, 0.05) is 23.0 Å². The molecule has 0 aliphatic rings. The van der Waals surface area contributed by atoms with Crippen molar-refractivity contribution in [3.63, 3.8) is 0 Å². The molecule has 0 radical (unpaired) electrons. The van der Waals surface area contributed by atoms with Gasteiger partial charge in [-0.3, -0.25) is 9.59 Å². The molecular weight excluding hydrogens is 368 g/mol. The minimum Gasteiger partial charge on any atom is -0.494 e. The number of rotatable bonds is 7. The number of nitrogens with one attached hydrogen (secondary N) is 2. The van der Waals surface area contributed by atoms with Gasteiger partial charge in [0.2, 0.25) is 0 Å². The molecule has 150 valence electrons. The van der Waals surface area contributed by atoms with Crippen molar-refractivity contribution in [2.75, 3.05) is 12.3 Å². The number of carbonyl (C=O) groups is 2. The lowest BCUT2D eigenvalue weighted by molar-refractivity contribution is -0.117. The van der Waals surface area contributed by atoms with E-state index in [2.05, 4.69) is 10.6 Å². The van der Waals surface area contributed by atoms with Crippen molar-refractivity contribution >= 4 is 17.5 Å². The number of aryl methyl sites for hydroxylation is 1. The number of nitrogens with two attached hydrogens (primary N) is 1. The lowest BCUT2D eigenvalue weighted by Crippen LogP contribution is -2.29. The Kier molecular flexibility index (Phi) is 7.38. The Morgan fingerprint density at radius 1 is 1.24 bits per heavy atom. The Morgan fingerprint density at radius 3 is 2.55 bits per heavy atom. The summed E-state index contributed by atoms with van der Waals surface area (Å²) in [5, 5.41) is 14.5. The van der Waals surface area contributed by atoms with Crippen LogP contribution < -0.4 is 21.1 Å². The summed E-state index contributed by atoms with van der Waals surface area (Å²) in [6.45, 7) is 6.13. The first kappa shape index (κ1) is 21.5. The second-order valence-corrected chi connectivity index (χ2v) is 6.43. The van der Waals surface area contributed by atoms with Crippen molar-refractivity contribution in [2.24, 2.45) is 0 Å². The molecule has 0 fully saturated rings. The summed E-state index contributed by atoms with van der Waals surface area (Å²) in [6, 6.07) is 13.4. The van der Waals surface area contributed by atoms with E-state index in [1.54, 1.807) is 31.2 Å². The number of nitrogens with zero attached hydrogens (tertiary/aromatic N) is 1. The summed E-state index contributed by atoms with van der Waals surface area (Å²) < 4.78 is 5.62.